The third-order valence-electron chi connectivity index (χ3n) is 3.94. The lowest BCUT2D eigenvalue weighted by molar-refractivity contribution is -0.124. The van der Waals surface area contributed by atoms with Crippen molar-refractivity contribution in [3.05, 3.63) is 0 Å². The summed E-state index contributed by atoms with van der Waals surface area (Å²) in [5.41, 5.74) is 4.99. The number of rotatable bonds is 7. The summed E-state index contributed by atoms with van der Waals surface area (Å²) in [6, 6.07) is 0. The van der Waals surface area contributed by atoms with Gasteiger partial charge in [-0.3, -0.25) is 4.79 Å². The molecule has 4 nitrogen and oxygen atoms in total. The van der Waals surface area contributed by atoms with Gasteiger partial charge in [-0.05, 0) is 52.2 Å². The summed E-state index contributed by atoms with van der Waals surface area (Å²) in [6.07, 6.45) is 7.09. The van der Waals surface area contributed by atoms with Crippen LogP contribution in [0, 0.1) is 0 Å². The molecule has 0 aromatic carbocycles. The van der Waals surface area contributed by atoms with Crippen LogP contribution in [0.15, 0.2) is 0 Å². The number of nitrogens with one attached hydrogen (secondary N) is 1. The first kappa shape index (κ1) is 15.4. The lowest BCUT2D eigenvalue weighted by Crippen LogP contribution is -2.54. The van der Waals surface area contributed by atoms with Gasteiger partial charge < -0.3 is 16.0 Å². The van der Waals surface area contributed by atoms with Crippen molar-refractivity contribution in [1.82, 2.24) is 10.2 Å². The average Bonchev–Trinajstić information content (AvgIpc) is 2.62. The van der Waals surface area contributed by atoms with E-state index >= 15 is 0 Å². The molecule has 0 aromatic rings. The number of likely N-dealkylation sites (tertiary alicyclic amines) is 1. The number of nitrogens with two attached hydrogens (primary N) is 1. The van der Waals surface area contributed by atoms with E-state index in [2.05, 4.69) is 17.1 Å². The molecule has 0 aliphatic carbocycles. The van der Waals surface area contributed by atoms with E-state index in [0.717, 1.165) is 25.9 Å². The van der Waals surface area contributed by atoms with E-state index in [0.29, 0.717) is 0 Å². The molecule has 0 spiro atoms. The van der Waals surface area contributed by atoms with E-state index in [1.165, 1.54) is 38.8 Å². The van der Waals surface area contributed by atoms with Crippen molar-refractivity contribution in [2.45, 2.75) is 57.9 Å². The van der Waals surface area contributed by atoms with Gasteiger partial charge in [0.25, 0.3) is 0 Å². The summed E-state index contributed by atoms with van der Waals surface area (Å²) in [4.78, 5) is 14.1. The minimum Gasteiger partial charge on any atom is -0.368 e. The molecule has 1 amide bonds. The Morgan fingerprint density at radius 3 is 2.39 bits per heavy atom. The molecule has 0 bridgehead atoms. The molecular formula is C14H29N3O. The number of hydrogen-bond donors (Lipinski definition) is 2. The maximum atomic E-state index is 11.6. The summed E-state index contributed by atoms with van der Waals surface area (Å²) in [5.74, 6) is -0.231. The van der Waals surface area contributed by atoms with Crippen molar-refractivity contribution in [1.29, 1.82) is 0 Å². The fraction of sp³-hybridized carbons (Fsp3) is 0.929. The molecule has 0 aromatic heterocycles. The number of nitrogens with zero attached hydrogens (tertiary/aromatic N) is 1. The second kappa shape index (κ2) is 7.74. The topological polar surface area (TPSA) is 58.4 Å². The van der Waals surface area contributed by atoms with Crippen molar-refractivity contribution in [3.8, 4) is 0 Å². The molecule has 18 heavy (non-hydrogen) atoms. The molecule has 1 saturated heterocycles. The Bertz CT molecular complexity index is 249. The Labute approximate surface area is 111 Å². The zero-order valence-electron chi connectivity index (χ0n) is 12.0. The second-order valence-corrected chi connectivity index (χ2v) is 5.63. The van der Waals surface area contributed by atoms with Crippen molar-refractivity contribution in [3.63, 3.8) is 0 Å². The van der Waals surface area contributed by atoms with Gasteiger partial charge in [0.1, 0.15) is 0 Å². The van der Waals surface area contributed by atoms with E-state index < -0.39 is 5.54 Å². The van der Waals surface area contributed by atoms with Crippen LogP contribution < -0.4 is 11.1 Å². The van der Waals surface area contributed by atoms with Crippen LogP contribution in [0.2, 0.25) is 0 Å². The molecule has 1 unspecified atom stereocenters. The highest BCUT2D eigenvalue weighted by Gasteiger charge is 2.30. The number of amides is 1. The van der Waals surface area contributed by atoms with Gasteiger partial charge in [0.15, 0.2) is 0 Å². The van der Waals surface area contributed by atoms with Crippen LogP contribution in [0.1, 0.15) is 52.4 Å². The summed E-state index contributed by atoms with van der Waals surface area (Å²) in [5, 5.41) is 3.30. The first-order valence-electron chi connectivity index (χ1n) is 7.36. The minimum absolute atomic E-state index is 0.231. The summed E-state index contributed by atoms with van der Waals surface area (Å²) in [7, 11) is 0. The Kier molecular flexibility index (Phi) is 6.65. The monoisotopic (exact) mass is 255 g/mol. The highest BCUT2D eigenvalue weighted by atomic mass is 16.1. The molecular weight excluding hydrogens is 226 g/mol. The fourth-order valence-corrected chi connectivity index (χ4v) is 2.44. The molecule has 0 saturated carbocycles. The van der Waals surface area contributed by atoms with Gasteiger partial charge in [-0.15, -0.1) is 0 Å². The number of carbonyl (C=O) groups excluding carboxylic acids is 1. The molecule has 1 rings (SSSR count). The van der Waals surface area contributed by atoms with Crippen LogP contribution in [0.5, 0.6) is 0 Å². The van der Waals surface area contributed by atoms with Gasteiger partial charge in [0.05, 0.1) is 5.54 Å². The predicted molar refractivity (Wildman–Crippen MR) is 75.4 cm³/mol. The molecule has 1 fully saturated rings. The standard InChI is InChI=1S/C14H29N3O/c1-3-9-16-14(2,13(15)18)8-12-17-10-6-4-5-7-11-17/h16H,3-12H2,1-2H3,(H2,15,18). The SMILES string of the molecule is CCCNC(C)(CCN1CCCCCC1)C(N)=O. The van der Waals surface area contributed by atoms with Crippen molar-refractivity contribution < 1.29 is 4.79 Å². The largest absolute Gasteiger partial charge is 0.368 e. The minimum atomic E-state index is -0.553. The fourth-order valence-electron chi connectivity index (χ4n) is 2.44. The van der Waals surface area contributed by atoms with Crippen LogP contribution in [0.4, 0.5) is 0 Å². The van der Waals surface area contributed by atoms with Crippen molar-refractivity contribution >= 4 is 5.91 Å². The third kappa shape index (κ3) is 4.94. The Morgan fingerprint density at radius 2 is 1.89 bits per heavy atom. The maximum Gasteiger partial charge on any atom is 0.237 e. The van der Waals surface area contributed by atoms with Crippen LogP contribution in [-0.4, -0.2) is 42.5 Å². The van der Waals surface area contributed by atoms with Crippen LogP contribution in [0.25, 0.3) is 0 Å². The zero-order valence-corrected chi connectivity index (χ0v) is 12.0. The van der Waals surface area contributed by atoms with Crippen molar-refractivity contribution in [2.24, 2.45) is 5.73 Å². The highest BCUT2D eigenvalue weighted by Crippen LogP contribution is 2.14. The van der Waals surface area contributed by atoms with Gasteiger partial charge in [-0.1, -0.05) is 19.8 Å². The van der Waals surface area contributed by atoms with E-state index in [1.54, 1.807) is 0 Å². The molecule has 1 aliphatic rings. The lowest BCUT2D eigenvalue weighted by atomic mass is 9.96. The number of hydrogen-bond acceptors (Lipinski definition) is 3. The Morgan fingerprint density at radius 1 is 1.28 bits per heavy atom. The summed E-state index contributed by atoms with van der Waals surface area (Å²) in [6.45, 7) is 8.19. The van der Waals surface area contributed by atoms with Gasteiger partial charge >= 0.3 is 0 Å². The van der Waals surface area contributed by atoms with E-state index in [-0.39, 0.29) is 5.91 Å². The van der Waals surface area contributed by atoms with E-state index in [1.807, 2.05) is 6.92 Å². The first-order chi connectivity index (χ1) is 8.58. The Balaban J connectivity index is 2.42. The van der Waals surface area contributed by atoms with Crippen LogP contribution in [0.3, 0.4) is 0 Å². The van der Waals surface area contributed by atoms with Crippen LogP contribution in [-0.2, 0) is 4.79 Å². The molecule has 106 valence electrons. The molecule has 3 N–H and O–H groups in total. The number of primary amides is 1. The van der Waals surface area contributed by atoms with E-state index in [9.17, 15) is 4.79 Å². The quantitative estimate of drug-likeness (QED) is 0.725. The lowest BCUT2D eigenvalue weighted by Gasteiger charge is -2.30. The van der Waals surface area contributed by atoms with Crippen molar-refractivity contribution in [2.75, 3.05) is 26.2 Å². The molecule has 1 atom stereocenters. The Hall–Kier alpha value is -0.610. The average molecular weight is 255 g/mol. The smallest absolute Gasteiger partial charge is 0.237 e. The molecule has 1 heterocycles. The van der Waals surface area contributed by atoms with E-state index in [4.69, 9.17) is 5.73 Å². The number of carbonyl (C=O) groups is 1. The third-order valence-corrected chi connectivity index (χ3v) is 3.94. The predicted octanol–water partition coefficient (Wildman–Crippen LogP) is 1.50. The van der Waals surface area contributed by atoms with Gasteiger partial charge in [0, 0.05) is 6.54 Å². The van der Waals surface area contributed by atoms with Crippen LogP contribution >= 0.6 is 0 Å². The normalized spacial score (nSPS) is 21.2. The maximum absolute atomic E-state index is 11.6. The zero-order chi connectivity index (χ0) is 13.4. The second-order valence-electron chi connectivity index (χ2n) is 5.63. The molecule has 1 aliphatic heterocycles. The molecule has 4 heteroatoms. The van der Waals surface area contributed by atoms with Gasteiger partial charge in [0.2, 0.25) is 5.91 Å². The molecule has 0 radical (unpaired) electrons. The first-order valence-corrected chi connectivity index (χ1v) is 7.36. The summed E-state index contributed by atoms with van der Waals surface area (Å²) < 4.78 is 0. The van der Waals surface area contributed by atoms with Gasteiger partial charge in [-0.25, -0.2) is 0 Å². The van der Waals surface area contributed by atoms with Gasteiger partial charge in [-0.2, -0.15) is 0 Å². The summed E-state index contributed by atoms with van der Waals surface area (Å²) >= 11 is 0. The highest BCUT2D eigenvalue weighted by molar-refractivity contribution is 5.84.